The zero-order chi connectivity index (χ0) is 22.2. The molecule has 31 heavy (non-hydrogen) atoms. The largest absolute Gasteiger partial charge is 0.491 e. The van der Waals surface area contributed by atoms with Crippen LogP contribution in [-0.4, -0.2) is 59.7 Å². The molecule has 2 heterocycles. The maximum atomic E-state index is 13.5. The minimum Gasteiger partial charge on any atom is -0.491 e. The average molecular weight is 447 g/mol. The van der Waals surface area contributed by atoms with E-state index in [1.165, 1.54) is 17.0 Å². The summed E-state index contributed by atoms with van der Waals surface area (Å²) in [4.78, 5) is 18.3. The molecule has 0 radical (unpaired) electrons. The molecule has 1 amide bonds. The number of hydrogen-bond acceptors (Lipinski definition) is 5. The number of carbonyl (C=O) groups is 1. The van der Waals surface area contributed by atoms with Crippen molar-refractivity contribution in [2.45, 2.75) is 38.3 Å². The van der Waals surface area contributed by atoms with Crippen molar-refractivity contribution in [3.63, 3.8) is 0 Å². The van der Waals surface area contributed by atoms with E-state index in [2.05, 4.69) is 6.58 Å². The van der Waals surface area contributed by atoms with Gasteiger partial charge in [-0.2, -0.15) is 0 Å². The van der Waals surface area contributed by atoms with Gasteiger partial charge in [-0.25, -0.2) is 4.39 Å². The molecule has 2 aromatic rings. The number of hydrogen-bond donors (Lipinski definition) is 1. The van der Waals surface area contributed by atoms with Crippen LogP contribution in [0.5, 0.6) is 5.75 Å². The van der Waals surface area contributed by atoms with E-state index in [-0.39, 0.29) is 30.9 Å². The van der Waals surface area contributed by atoms with Crippen molar-refractivity contribution in [2.75, 3.05) is 32.8 Å². The molecule has 1 aromatic heterocycles. The number of amides is 1. The monoisotopic (exact) mass is 446 g/mol. The number of rotatable bonds is 11. The number of thiophene rings is 1. The predicted octanol–water partition coefficient (Wildman–Crippen LogP) is 4.04. The van der Waals surface area contributed by atoms with Gasteiger partial charge in [0.2, 0.25) is 5.91 Å². The molecule has 0 unspecified atom stereocenters. The third kappa shape index (κ3) is 6.38. The number of aliphatic hydroxyl groups excluding tert-OH is 1. The summed E-state index contributed by atoms with van der Waals surface area (Å²) in [5.74, 6) is 0.0944. The van der Waals surface area contributed by atoms with Crippen LogP contribution in [0.1, 0.15) is 36.2 Å². The van der Waals surface area contributed by atoms with Crippen LogP contribution < -0.4 is 4.74 Å². The first-order valence-electron chi connectivity index (χ1n) is 10.8. The molecule has 0 spiro atoms. The molecule has 7 heteroatoms. The lowest BCUT2D eigenvalue weighted by Gasteiger charge is -2.37. The molecule has 3 rings (SSSR count). The lowest BCUT2D eigenvalue weighted by molar-refractivity contribution is -0.136. The normalized spacial score (nSPS) is 16.8. The number of nitrogens with zero attached hydrogens (tertiary/aromatic N) is 2. The molecule has 1 N–H and O–H groups in total. The summed E-state index contributed by atoms with van der Waals surface area (Å²) >= 11 is 1.69. The second-order valence-electron chi connectivity index (χ2n) is 7.85. The van der Waals surface area contributed by atoms with Crippen molar-refractivity contribution in [3.8, 4) is 5.75 Å². The Morgan fingerprint density at radius 1 is 1.48 bits per heavy atom. The topological polar surface area (TPSA) is 53.0 Å². The number of fused-ring (bicyclic) bond motifs is 1. The zero-order valence-electron chi connectivity index (χ0n) is 18.0. The molecule has 0 saturated heterocycles. The molecule has 0 bridgehead atoms. The van der Waals surface area contributed by atoms with Gasteiger partial charge >= 0.3 is 0 Å². The Balaban J connectivity index is 1.72. The van der Waals surface area contributed by atoms with Crippen LogP contribution >= 0.6 is 11.3 Å². The van der Waals surface area contributed by atoms with Gasteiger partial charge in [-0.1, -0.05) is 25.5 Å². The lowest BCUT2D eigenvalue weighted by Crippen LogP contribution is -2.47. The van der Waals surface area contributed by atoms with E-state index in [9.17, 15) is 14.3 Å². The van der Waals surface area contributed by atoms with Gasteiger partial charge in [-0.15, -0.1) is 17.9 Å². The Kier molecular flexibility index (Phi) is 8.63. The number of carbonyl (C=O) groups excluding carboxylic acids is 1. The minimum absolute atomic E-state index is 0.00441. The molecule has 1 aliphatic heterocycles. The molecule has 1 aromatic carbocycles. The Labute approximate surface area is 187 Å². The third-order valence-electron chi connectivity index (χ3n) is 5.46. The fourth-order valence-corrected chi connectivity index (χ4v) is 4.93. The zero-order valence-corrected chi connectivity index (χ0v) is 18.8. The number of benzene rings is 1. The third-order valence-corrected chi connectivity index (χ3v) is 6.45. The van der Waals surface area contributed by atoms with E-state index in [0.717, 1.165) is 18.4 Å². The maximum absolute atomic E-state index is 13.5. The van der Waals surface area contributed by atoms with Gasteiger partial charge in [0.15, 0.2) is 0 Å². The minimum atomic E-state index is -0.463. The highest BCUT2D eigenvalue weighted by atomic mass is 32.1. The molecule has 2 atom stereocenters. The van der Waals surface area contributed by atoms with Gasteiger partial charge in [-0.05, 0) is 42.0 Å². The Hall–Kier alpha value is -2.22. The standard InChI is InChI=1S/C24H31FN2O3S/c1-3-6-19(28)15-26(11-4-2)16-24(29)27-12-9-23-21(10-13-31-23)22(27)17-30-20-8-5-7-18(25)14-20/h4-5,7-8,10,13-14,19,22,28H,2-3,6,9,11-12,15-17H2,1H3/t19-,22-/m1/s1. The summed E-state index contributed by atoms with van der Waals surface area (Å²) in [5.41, 5.74) is 1.10. The first-order valence-corrected chi connectivity index (χ1v) is 11.6. The molecule has 168 valence electrons. The van der Waals surface area contributed by atoms with Gasteiger partial charge in [0.25, 0.3) is 0 Å². The molecular formula is C24H31FN2O3S. The Morgan fingerprint density at radius 3 is 3.06 bits per heavy atom. The molecule has 0 aliphatic carbocycles. The lowest BCUT2D eigenvalue weighted by atomic mass is 10.0. The average Bonchev–Trinajstić information content (AvgIpc) is 3.21. The van der Waals surface area contributed by atoms with Crippen LogP contribution in [0.25, 0.3) is 0 Å². The van der Waals surface area contributed by atoms with E-state index in [1.54, 1.807) is 29.5 Å². The van der Waals surface area contributed by atoms with Gasteiger partial charge < -0.3 is 14.7 Å². The number of halogens is 1. The van der Waals surface area contributed by atoms with E-state index < -0.39 is 6.10 Å². The molecule has 0 saturated carbocycles. The summed E-state index contributed by atoms with van der Waals surface area (Å²) in [6.45, 7) is 7.88. The fraction of sp³-hybridized carbons (Fsp3) is 0.458. The van der Waals surface area contributed by atoms with Crippen molar-refractivity contribution in [3.05, 3.63) is 64.6 Å². The summed E-state index contributed by atoms with van der Waals surface area (Å²) in [6, 6.07) is 7.88. The molecule has 0 fully saturated rings. The number of aliphatic hydroxyl groups is 1. The van der Waals surface area contributed by atoms with Crippen LogP contribution in [0.3, 0.4) is 0 Å². The van der Waals surface area contributed by atoms with E-state index >= 15 is 0 Å². The highest BCUT2D eigenvalue weighted by molar-refractivity contribution is 7.10. The smallest absolute Gasteiger partial charge is 0.237 e. The van der Waals surface area contributed by atoms with Crippen LogP contribution in [0.15, 0.2) is 48.4 Å². The van der Waals surface area contributed by atoms with Crippen LogP contribution in [0.4, 0.5) is 4.39 Å². The van der Waals surface area contributed by atoms with Gasteiger partial charge in [-0.3, -0.25) is 9.69 Å². The Morgan fingerprint density at radius 2 is 2.32 bits per heavy atom. The Bertz CT molecular complexity index is 872. The van der Waals surface area contributed by atoms with Crippen molar-refractivity contribution >= 4 is 17.2 Å². The highest BCUT2D eigenvalue weighted by Crippen LogP contribution is 2.34. The highest BCUT2D eigenvalue weighted by Gasteiger charge is 2.33. The van der Waals surface area contributed by atoms with Crippen molar-refractivity contribution < 1.29 is 19.0 Å². The molecule has 5 nitrogen and oxygen atoms in total. The predicted molar refractivity (Wildman–Crippen MR) is 122 cm³/mol. The van der Waals surface area contributed by atoms with Gasteiger partial charge in [0, 0.05) is 30.6 Å². The first kappa shape index (κ1) is 23.4. The maximum Gasteiger partial charge on any atom is 0.237 e. The summed E-state index contributed by atoms with van der Waals surface area (Å²) in [6.07, 6.45) is 3.70. The van der Waals surface area contributed by atoms with Gasteiger partial charge in [0.1, 0.15) is 18.2 Å². The second-order valence-corrected chi connectivity index (χ2v) is 8.85. The first-order chi connectivity index (χ1) is 15.0. The molecular weight excluding hydrogens is 415 g/mol. The number of ether oxygens (including phenoxy) is 1. The van der Waals surface area contributed by atoms with Crippen LogP contribution in [0.2, 0.25) is 0 Å². The van der Waals surface area contributed by atoms with Gasteiger partial charge in [0.05, 0.1) is 18.7 Å². The van der Waals surface area contributed by atoms with Crippen molar-refractivity contribution in [2.24, 2.45) is 0 Å². The fourth-order valence-electron chi connectivity index (χ4n) is 4.00. The van der Waals surface area contributed by atoms with Crippen molar-refractivity contribution in [1.29, 1.82) is 0 Å². The summed E-state index contributed by atoms with van der Waals surface area (Å²) < 4.78 is 19.4. The van der Waals surface area contributed by atoms with E-state index in [4.69, 9.17) is 4.74 Å². The quantitative estimate of drug-likeness (QED) is 0.530. The summed E-state index contributed by atoms with van der Waals surface area (Å²) in [5, 5.41) is 12.2. The van der Waals surface area contributed by atoms with Crippen molar-refractivity contribution in [1.82, 2.24) is 9.80 Å². The van der Waals surface area contributed by atoms with Crippen LogP contribution in [-0.2, 0) is 11.2 Å². The second kappa shape index (κ2) is 11.4. The van der Waals surface area contributed by atoms with Crippen LogP contribution in [0, 0.1) is 5.82 Å². The van der Waals surface area contributed by atoms with E-state index in [1.807, 2.05) is 28.2 Å². The molecule has 1 aliphatic rings. The summed E-state index contributed by atoms with van der Waals surface area (Å²) in [7, 11) is 0. The SMILES string of the molecule is C=CCN(CC(=O)N1CCc2sccc2[C@H]1COc1cccc(F)c1)C[C@H](O)CCC. The van der Waals surface area contributed by atoms with E-state index in [0.29, 0.717) is 31.8 Å².